The lowest BCUT2D eigenvalue weighted by Crippen LogP contribution is -2.39. The lowest BCUT2D eigenvalue weighted by Gasteiger charge is -2.32. The van der Waals surface area contributed by atoms with Crippen molar-refractivity contribution in [3.63, 3.8) is 0 Å². The minimum absolute atomic E-state index is 0.0577. The molecule has 188 valence electrons. The number of rotatable bonds is 7. The Kier molecular flexibility index (Phi) is 7.58. The highest BCUT2D eigenvalue weighted by atomic mass is 32.2. The third-order valence-corrected chi connectivity index (χ3v) is 7.12. The van der Waals surface area contributed by atoms with Crippen LogP contribution in [0.25, 0.3) is 0 Å². The van der Waals surface area contributed by atoms with Gasteiger partial charge in [-0.05, 0) is 41.8 Å². The first-order valence-corrected chi connectivity index (χ1v) is 12.1. The van der Waals surface area contributed by atoms with Crippen molar-refractivity contribution in [3.8, 4) is 5.75 Å². The number of hydrogen-bond donors (Lipinski definition) is 2. The lowest BCUT2D eigenvalue weighted by atomic mass is 10.0. The van der Waals surface area contributed by atoms with Crippen molar-refractivity contribution >= 4 is 29.3 Å². The highest BCUT2D eigenvalue weighted by molar-refractivity contribution is 8.00. The zero-order chi connectivity index (χ0) is 25.2. The molecule has 0 radical (unpaired) electrons. The maximum absolute atomic E-state index is 13.3. The van der Waals surface area contributed by atoms with Crippen LogP contribution in [0.4, 0.5) is 18.9 Å². The van der Waals surface area contributed by atoms with Crippen molar-refractivity contribution in [1.29, 1.82) is 0 Å². The first-order valence-electron chi connectivity index (χ1n) is 11.1. The van der Waals surface area contributed by atoms with Gasteiger partial charge in [-0.2, -0.15) is 0 Å². The number of likely N-dealkylation sites (tertiary alicyclic amines) is 1. The maximum atomic E-state index is 13.3. The monoisotopic (exact) mass is 509 g/mol. The molecule has 2 aromatic carbocycles. The van der Waals surface area contributed by atoms with Gasteiger partial charge >= 0.3 is 6.36 Å². The standard InChI is InChI=1S/C24H26F3N3O4S/c1-29(23(33)10-15-5-6-21-19(9-15)28-22(32)14-35-21)20(13-30-8-7-17(31)12-30)16-3-2-4-18(11-16)34-24(25,26)27/h2-6,9,11,17,20,31H,7-8,10,12-14H2,1H3,(H,28,32)/t17?,20-/m1/s1. The molecule has 4 rings (SSSR count). The van der Waals surface area contributed by atoms with Gasteiger partial charge in [0.05, 0.1) is 30.0 Å². The summed E-state index contributed by atoms with van der Waals surface area (Å²) >= 11 is 1.43. The second-order valence-electron chi connectivity index (χ2n) is 8.69. The zero-order valence-electron chi connectivity index (χ0n) is 19.0. The molecular weight excluding hydrogens is 483 g/mol. The van der Waals surface area contributed by atoms with E-state index in [1.54, 1.807) is 19.2 Å². The van der Waals surface area contributed by atoms with E-state index >= 15 is 0 Å². The minimum Gasteiger partial charge on any atom is -0.406 e. The Hall–Kier alpha value is -2.76. The molecule has 1 unspecified atom stereocenters. The van der Waals surface area contributed by atoms with E-state index in [0.717, 1.165) is 4.90 Å². The number of thioether (sulfide) groups is 1. The summed E-state index contributed by atoms with van der Waals surface area (Å²) in [6.45, 7) is 1.41. The van der Waals surface area contributed by atoms with Crippen LogP contribution < -0.4 is 10.1 Å². The normalized spacial score (nSPS) is 19.1. The van der Waals surface area contributed by atoms with Gasteiger partial charge in [-0.25, -0.2) is 0 Å². The molecule has 2 N–H and O–H groups in total. The summed E-state index contributed by atoms with van der Waals surface area (Å²) in [6.07, 6.45) is -4.64. The smallest absolute Gasteiger partial charge is 0.406 e. The molecule has 2 aliphatic heterocycles. The second-order valence-corrected chi connectivity index (χ2v) is 9.70. The number of hydrogen-bond acceptors (Lipinski definition) is 6. The average molecular weight is 510 g/mol. The van der Waals surface area contributed by atoms with Crippen LogP contribution in [0.15, 0.2) is 47.4 Å². The number of nitrogens with one attached hydrogen (secondary N) is 1. The molecule has 0 bridgehead atoms. The van der Waals surface area contributed by atoms with E-state index in [0.29, 0.717) is 48.6 Å². The number of amides is 2. The van der Waals surface area contributed by atoms with Crippen molar-refractivity contribution in [2.75, 3.05) is 37.8 Å². The maximum Gasteiger partial charge on any atom is 0.573 e. The van der Waals surface area contributed by atoms with Crippen molar-refractivity contribution < 1.29 is 32.6 Å². The van der Waals surface area contributed by atoms with E-state index in [-0.39, 0.29) is 24.0 Å². The number of ether oxygens (including phenoxy) is 1. The summed E-state index contributed by atoms with van der Waals surface area (Å²) in [4.78, 5) is 29.4. The number of halogens is 3. The molecule has 1 fully saturated rings. The van der Waals surface area contributed by atoms with Gasteiger partial charge in [0.2, 0.25) is 11.8 Å². The van der Waals surface area contributed by atoms with Gasteiger partial charge in [0, 0.05) is 31.6 Å². The molecule has 0 aliphatic carbocycles. The van der Waals surface area contributed by atoms with Crippen LogP contribution in [0.3, 0.4) is 0 Å². The summed E-state index contributed by atoms with van der Waals surface area (Å²) < 4.78 is 42.4. The molecule has 2 atom stereocenters. The molecule has 0 spiro atoms. The lowest BCUT2D eigenvalue weighted by molar-refractivity contribution is -0.274. The molecule has 35 heavy (non-hydrogen) atoms. The SMILES string of the molecule is CN(C(=O)Cc1ccc2c(c1)NC(=O)CS2)[C@H](CN1CCC(O)C1)c1cccc(OC(F)(F)F)c1. The number of β-amino-alcohol motifs (C(OH)–C–C–N with tert-alkyl or cyclic N) is 1. The molecule has 2 amide bonds. The topological polar surface area (TPSA) is 82.1 Å². The van der Waals surface area contributed by atoms with Gasteiger partial charge in [-0.1, -0.05) is 18.2 Å². The largest absolute Gasteiger partial charge is 0.573 e. The Morgan fingerprint density at radius 1 is 1.31 bits per heavy atom. The van der Waals surface area contributed by atoms with E-state index < -0.39 is 18.5 Å². The van der Waals surface area contributed by atoms with E-state index in [4.69, 9.17) is 0 Å². The van der Waals surface area contributed by atoms with Crippen molar-refractivity contribution in [2.45, 2.75) is 36.2 Å². The number of carbonyl (C=O) groups excluding carboxylic acids is 2. The number of benzene rings is 2. The number of aliphatic hydroxyl groups excluding tert-OH is 1. The third kappa shape index (κ3) is 6.68. The number of anilines is 1. The summed E-state index contributed by atoms with van der Waals surface area (Å²) in [6, 6.07) is 10.5. The van der Waals surface area contributed by atoms with Crippen molar-refractivity contribution in [2.24, 2.45) is 0 Å². The van der Waals surface area contributed by atoms with E-state index in [9.17, 15) is 27.9 Å². The van der Waals surface area contributed by atoms with Gasteiger partial charge in [0.15, 0.2) is 0 Å². The molecule has 0 saturated carbocycles. The summed E-state index contributed by atoms with van der Waals surface area (Å²) in [5.74, 6) is -0.341. The quantitative estimate of drug-likeness (QED) is 0.595. The highest BCUT2D eigenvalue weighted by Gasteiger charge is 2.32. The number of fused-ring (bicyclic) bond motifs is 1. The van der Waals surface area contributed by atoms with Crippen LogP contribution in [0, 0.1) is 0 Å². The first kappa shape index (κ1) is 25.3. The predicted molar refractivity (Wildman–Crippen MR) is 125 cm³/mol. The molecule has 11 heteroatoms. The van der Waals surface area contributed by atoms with Gasteiger partial charge in [-0.15, -0.1) is 24.9 Å². The van der Waals surface area contributed by atoms with Crippen LogP contribution >= 0.6 is 11.8 Å². The first-order chi connectivity index (χ1) is 16.6. The van der Waals surface area contributed by atoms with Gasteiger partial charge in [0.1, 0.15) is 5.75 Å². The zero-order valence-corrected chi connectivity index (χ0v) is 19.9. The van der Waals surface area contributed by atoms with Gasteiger partial charge in [0.25, 0.3) is 0 Å². The molecule has 2 heterocycles. The Labute approximate surface area is 205 Å². The van der Waals surface area contributed by atoms with E-state index in [1.165, 1.54) is 34.9 Å². The van der Waals surface area contributed by atoms with Crippen LogP contribution in [-0.4, -0.2) is 71.6 Å². The number of likely N-dealkylation sites (N-methyl/N-ethyl adjacent to an activating group) is 1. The average Bonchev–Trinajstić information content (AvgIpc) is 3.20. The van der Waals surface area contributed by atoms with Gasteiger partial charge < -0.3 is 20.1 Å². The molecular formula is C24H26F3N3O4S. The Morgan fingerprint density at radius 3 is 2.83 bits per heavy atom. The Bertz CT molecular complexity index is 1100. The number of alkyl halides is 3. The number of nitrogens with zero attached hydrogens (tertiary/aromatic N) is 2. The van der Waals surface area contributed by atoms with Crippen LogP contribution in [-0.2, 0) is 16.0 Å². The number of carbonyl (C=O) groups is 2. The fraction of sp³-hybridized carbons (Fsp3) is 0.417. The molecule has 0 aromatic heterocycles. The van der Waals surface area contributed by atoms with Crippen LogP contribution in [0.5, 0.6) is 5.75 Å². The number of aliphatic hydroxyl groups is 1. The van der Waals surface area contributed by atoms with Crippen LogP contribution in [0.2, 0.25) is 0 Å². The van der Waals surface area contributed by atoms with E-state index in [1.807, 2.05) is 17.0 Å². The van der Waals surface area contributed by atoms with Crippen molar-refractivity contribution in [1.82, 2.24) is 9.80 Å². The minimum atomic E-state index is -4.82. The highest BCUT2D eigenvalue weighted by Crippen LogP contribution is 2.33. The summed E-state index contributed by atoms with van der Waals surface area (Å²) in [5, 5.41) is 12.7. The van der Waals surface area contributed by atoms with Crippen molar-refractivity contribution in [3.05, 3.63) is 53.6 Å². The second kappa shape index (κ2) is 10.5. The predicted octanol–water partition coefficient (Wildman–Crippen LogP) is 3.44. The fourth-order valence-corrected chi connectivity index (χ4v) is 5.09. The van der Waals surface area contributed by atoms with Crippen LogP contribution in [0.1, 0.15) is 23.6 Å². The summed E-state index contributed by atoms with van der Waals surface area (Å²) in [5.41, 5.74) is 1.88. The molecule has 7 nitrogen and oxygen atoms in total. The molecule has 2 aromatic rings. The summed E-state index contributed by atoms with van der Waals surface area (Å²) in [7, 11) is 1.62. The Balaban J connectivity index is 1.54. The third-order valence-electron chi connectivity index (χ3n) is 6.05. The molecule has 1 saturated heterocycles. The Morgan fingerprint density at radius 2 is 2.11 bits per heavy atom. The van der Waals surface area contributed by atoms with Gasteiger partial charge in [-0.3, -0.25) is 14.5 Å². The van der Waals surface area contributed by atoms with E-state index in [2.05, 4.69) is 10.1 Å². The fourth-order valence-electron chi connectivity index (χ4n) is 4.31. The molecule has 2 aliphatic rings.